The van der Waals surface area contributed by atoms with Gasteiger partial charge in [0.2, 0.25) is 0 Å². The first-order chi connectivity index (χ1) is 16.3. The number of aliphatic hydroxyl groups is 2. The van der Waals surface area contributed by atoms with Crippen LogP contribution in [-0.2, 0) is 15.0 Å². The summed E-state index contributed by atoms with van der Waals surface area (Å²) in [7, 11) is 0. The van der Waals surface area contributed by atoms with Crippen LogP contribution in [0.4, 0.5) is 0 Å². The van der Waals surface area contributed by atoms with Crippen LogP contribution in [0.5, 0.6) is 11.5 Å². The molecule has 2 unspecified atom stereocenters. The third-order valence-electron chi connectivity index (χ3n) is 4.48. The number of carboxylic acids is 2. The number of hydrogen-bond acceptors (Lipinski definition) is 6. The lowest BCUT2D eigenvalue weighted by Gasteiger charge is -2.26. The zero-order valence-electron chi connectivity index (χ0n) is 20.7. The average Bonchev–Trinajstić information content (AvgIpc) is 2.82. The van der Waals surface area contributed by atoms with Crippen molar-refractivity contribution in [3.8, 4) is 11.5 Å². The Hall–Kier alpha value is -3.62. The molecule has 0 aliphatic heterocycles. The second-order valence-corrected chi connectivity index (χ2v) is 8.08. The molecule has 8 nitrogen and oxygen atoms in total. The molecule has 0 aromatic heterocycles. The van der Waals surface area contributed by atoms with E-state index in [1.165, 1.54) is 11.1 Å². The van der Waals surface area contributed by atoms with E-state index in [1.807, 2.05) is 24.3 Å². The molecule has 0 aliphatic carbocycles. The lowest BCUT2D eigenvalue weighted by Crippen LogP contribution is -2.19. The van der Waals surface area contributed by atoms with Crippen LogP contribution < -0.4 is 9.47 Å². The summed E-state index contributed by atoms with van der Waals surface area (Å²) in [5.74, 6) is -0.459. The molecule has 2 rings (SSSR count). The van der Waals surface area contributed by atoms with E-state index in [0.29, 0.717) is 0 Å². The minimum Gasteiger partial charge on any atom is -0.491 e. The molecule has 192 valence electrons. The fourth-order valence-corrected chi connectivity index (χ4v) is 2.54. The number of ether oxygens (including phenoxy) is 2. The zero-order valence-corrected chi connectivity index (χ0v) is 20.7. The molecule has 0 amide bonds. The molecule has 0 radical (unpaired) electrons. The summed E-state index contributed by atoms with van der Waals surface area (Å²) in [4.78, 5) is 18.5. The topological polar surface area (TPSA) is 134 Å². The smallest absolute Gasteiger partial charge is 0.327 e. The maximum Gasteiger partial charge on any atom is 0.327 e. The molecule has 2 aromatic rings. The van der Waals surface area contributed by atoms with Crippen LogP contribution in [0.25, 0.3) is 0 Å². The monoisotopic (exact) mass is 488 g/mol. The highest BCUT2D eigenvalue weighted by molar-refractivity contribution is 5.79. The first-order valence-electron chi connectivity index (χ1n) is 10.9. The van der Waals surface area contributed by atoms with Gasteiger partial charge in [-0.2, -0.15) is 0 Å². The summed E-state index contributed by atoms with van der Waals surface area (Å²) >= 11 is 0. The van der Waals surface area contributed by atoms with Crippen molar-refractivity contribution in [1.29, 1.82) is 0 Å². The van der Waals surface area contributed by atoms with Crippen LogP contribution in [0.15, 0.2) is 73.8 Å². The van der Waals surface area contributed by atoms with Crippen LogP contribution >= 0.6 is 0 Å². The molecule has 0 saturated carbocycles. The Labute approximate surface area is 206 Å². The maximum absolute atomic E-state index is 9.29. The summed E-state index contributed by atoms with van der Waals surface area (Å²) in [6.07, 6.45) is 0.705. The maximum atomic E-state index is 9.29. The summed E-state index contributed by atoms with van der Waals surface area (Å²) in [6.45, 7) is 14.2. The standard InChI is InChI=1S/C21H28O4.2C3H4O2/c1-15(22)13-24-19-9-5-17(6-10-19)21(3,4)18-7-11-20(12-8-18)25-14-16(2)23;2*1-2-3(4)5/h5-12,15-16,22-23H,13-14H2,1-4H3;2*2H,1H2,(H,4,5). The van der Waals surface area contributed by atoms with Crippen molar-refractivity contribution < 1.29 is 39.5 Å². The Bertz CT molecular complexity index is 838. The van der Waals surface area contributed by atoms with Gasteiger partial charge in [-0.25, -0.2) is 9.59 Å². The van der Waals surface area contributed by atoms with E-state index in [0.717, 1.165) is 23.7 Å². The Morgan fingerprint density at radius 3 is 1.23 bits per heavy atom. The molecule has 8 heteroatoms. The third-order valence-corrected chi connectivity index (χ3v) is 4.48. The van der Waals surface area contributed by atoms with Crippen molar-refractivity contribution >= 4 is 11.9 Å². The van der Waals surface area contributed by atoms with Crippen molar-refractivity contribution in [2.45, 2.75) is 45.3 Å². The largest absolute Gasteiger partial charge is 0.491 e. The van der Waals surface area contributed by atoms with Crippen molar-refractivity contribution in [1.82, 2.24) is 0 Å². The highest BCUT2D eigenvalue weighted by Gasteiger charge is 2.23. The Morgan fingerprint density at radius 1 is 0.771 bits per heavy atom. The van der Waals surface area contributed by atoms with Crippen molar-refractivity contribution in [2.75, 3.05) is 13.2 Å². The molecule has 4 N–H and O–H groups in total. The number of benzene rings is 2. The van der Waals surface area contributed by atoms with Gasteiger partial charge >= 0.3 is 11.9 Å². The lowest BCUT2D eigenvalue weighted by atomic mass is 9.78. The Balaban J connectivity index is 0.000000975. The SMILES string of the molecule is C=CC(=O)O.C=CC(=O)O.CC(O)COc1ccc(C(C)(C)c2ccc(OCC(C)O)cc2)cc1. The Kier molecular flexibility index (Phi) is 14.4. The predicted molar refractivity (Wildman–Crippen MR) is 135 cm³/mol. The van der Waals surface area contributed by atoms with E-state index in [1.54, 1.807) is 13.8 Å². The van der Waals surface area contributed by atoms with Gasteiger partial charge in [-0.05, 0) is 49.2 Å². The average molecular weight is 489 g/mol. The van der Waals surface area contributed by atoms with Gasteiger partial charge in [0.25, 0.3) is 0 Å². The van der Waals surface area contributed by atoms with Gasteiger partial charge in [0.05, 0.1) is 12.2 Å². The minimum atomic E-state index is -0.981. The van der Waals surface area contributed by atoms with Crippen LogP contribution in [0.1, 0.15) is 38.8 Å². The van der Waals surface area contributed by atoms with Crippen molar-refractivity contribution in [3.05, 3.63) is 85.0 Å². The fourth-order valence-electron chi connectivity index (χ4n) is 2.54. The first kappa shape index (κ1) is 31.4. The molecule has 35 heavy (non-hydrogen) atoms. The normalized spacial score (nSPS) is 11.8. The number of carboxylic acid groups (broad SMARTS) is 2. The minimum absolute atomic E-state index is 0.161. The number of aliphatic carboxylic acids is 2. The summed E-state index contributed by atoms with van der Waals surface area (Å²) in [5, 5.41) is 33.8. The van der Waals surface area contributed by atoms with Gasteiger partial charge in [0, 0.05) is 17.6 Å². The highest BCUT2D eigenvalue weighted by Crippen LogP contribution is 2.33. The van der Waals surface area contributed by atoms with Gasteiger partial charge in [-0.3, -0.25) is 0 Å². The molecule has 2 atom stereocenters. The fraction of sp³-hybridized carbons (Fsp3) is 0.333. The van der Waals surface area contributed by atoms with Gasteiger partial charge in [-0.15, -0.1) is 0 Å². The van der Waals surface area contributed by atoms with E-state index in [9.17, 15) is 19.8 Å². The first-order valence-corrected chi connectivity index (χ1v) is 10.9. The number of carbonyl (C=O) groups is 2. The van der Waals surface area contributed by atoms with Crippen LogP contribution in [-0.4, -0.2) is 57.8 Å². The lowest BCUT2D eigenvalue weighted by molar-refractivity contribution is -0.132. The van der Waals surface area contributed by atoms with Crippen LogP contribution in [0.3, 0.4) is 0 Å². The molecular weight excluding hydrogens is 452 g/mol. The van der Waals surface area contributed by atoms with E-state index in [-0.39, 0.29) is 18.6 Å². The van der Waals surface area contributed by atoms with Gasteiger partial charge in [0.15, 0.2) is 0 Å². The van der Waals surface area contributed by atoms with Gasteiger partial charge in [-0.1, -0.05) is 51.3 Å². The van der Waals surface area contributed by atoms with E-state index in [4.69, 9.17) is 19.7 Å². The van der Waals surface area contributed by atoms with Crippen molar-refractivity contribution in [2.24, 2.45) is 0 Å². The molecule has 2 aromatic carbocycles. The summed E-state index contributed by atoms with van der Waals surface area (Å²) < 4.78 is 11.0. The highest BCUT2D eigenvalue weighted by atomic mass is 16.5. The summed E-state index contributed by atoms with van der Waals surface area (Å²) in [5.41, 5.74) is 2.19. The molecule has 0 fully saturated rings. The molecule has 0 saturated heterocycles. The second kappa shape index (κ2) is 16.1. The number of rotatable bonds is 10. The molecule has 0 aliphatic rings. The predicted octanol–water partition coefficient (Wildman–Crippen LogP) is 4.05. The van der Waals surface area contributed by atoms with Crippen LogP contribution in [0.2, 0.25) is 0 Å². The quantitative estimate of drug-likeness (QED) is 0.368. The van der Waals surface area contributed by atoms with E-state index in [2.05, 4.69) is 51.3 Å². The summed E-state index contributed by atoms with van der Waals surface area (Å²) in [6, 6.07) is 15.9. The molecule has 0 heterocycles. The van der Waals surface area contributed by atoms with E-state index < -0.39 is 24.1 Å². The second-order valence-electron chi connectivity index (χ2n) is 8.08. The molecular formula is C27H36O8. The number of aliphatic hydroxyl groups excluding tert-OH is 2. The van der Waals surface area contributed by atoms with Crippen molar-refractivity contribution in [3.63, 3.8) is 0 Å². The molecule has 0 spiro atoms. The van der Waals surface area contributed by atoms with Gasteiger partial charge < -0.3 is 29.9 Å². The van der Waals surface area contributed by atoms with Gasteiger partial charge in [0.1, 0.15) is 24.7 Å². The number of hydrogen-bond donors (Lipinski definition) is 4. The third kappa shape index (κ3) is 13.6. The molecule has 0 bridgehead atoms. The zero-order chi connectivity index (χ0) is 27.0. The Morgan fingerprint density at radius 2 is 1.03 bits per heavy atom. The van der Waals surface area contributed by atoms with Crippen LogP contribution in [0, 0.1) is 0 Å². The van der Waals surface area contributed by atoms with E-state index >= 15 is 0 Å².